The van der Waals surface area contributed by atoms with Crippen molar-refractivity contribution in [1.82, 2.24) is 0 Å². The minimum Gasteiger partial charge on any atom is -0.207 e. The number of thioether (sulfide) groups is 1. The van der Waals surface area contributed by atoms with E-state index in [0.717, 1.165) is 0 Å². The summed E-state index contributed by atoms with van der Waals surface area (Å²) in [7, 11) is 0. The van der Waals surface area contributed by atoms with E-state index in [0.29, 0.717) is 20.8 Å². The minimum absolute atomic E-state index is 0.247. The Balaban J connectivity index is 3.10. The number of halogens is 3. The lowest BCUT2D eigenvalue weighted by Gasteiger charge is -2.04. The van der Waals surface area contributed by atoms with E-state index in [1.54, 1.807) is 17.8 Å². The quantitative estimate of drug-likeness (QED) is 0.779. The van der Waals surface area contributed by atoms with E-state index >= 15 is 0 Å². The molecule has 0 fully saturated rings. The fourth-order valence-electron chi connectivity index (χ4n) is 0.854. The maximum Gasteiger partial charge on any atom is 0.129 e. The molecule has 0 aliphatic heterocycles. The van der Waals surface area contributed by atoms with E-state index < -0.39 is 0 Å². The zero-order valence-corrected chi connectivity index (χ0v) is 9.56. The molecule has 0 aliphatic rings. The number of rotatable bonds is 2. The highest BCUT2D eigenvalue weighted by Gasteiger charge is 2.07. The molecule has 12 heavy (non-hydrogen) atoms. The summed E-state index contributed by atoms with van der Waals surface area (Å²) >= 11 is 10.5. The van der Waals surface area contributed by atoms with Crippen molar-refractivity contribution in [2.24, 2.45) is 0 Å². The summed E-state index contributed by atoms with van der Waals surface area (Å²) in [4.78, 5) is 0. The molecule has 0 atom stereocenters. The predicted octanol–water partition coefficient (Wildman–Crippen LogP) is 4.10. The molecule has 0 bridgehead atoms. The lowest BCUT2D eigenvalue weighted by molar-refractivity contribution is 0.616. The average molecular weight is 270 g/mol. The summed E-state index contributed by atoms with van der Waals surface area (Å²) in [6.45, 7) is 0. The van der Waals surface area contributed by atoms with Gasteiger partial charge >= 0.3 is 0 Å². The molecule has 1 aromatic rings. The van der Waals surface area contributed by atoms with Crippen LogP contribution in [0.5, 0.6) is 0 Å². The van der Waals surface area contributed by atoms with E-state index in [1.165, 1.54) is 6.07 Å². The van der Waals surface area contributed by atoms with Crippen molar-refractivity contribution in [3.05, 3.63) is 33.0 Å². The van der Waals surface area contributed by atoms with E-state index in [4.69, 9.17) is 11.6 Å². The lowest BCUT2D eigenvalue weighted by Crippen LogP contribution is -1.88. The molecule has 0 amide bonds. The Hall–Kier alpha value is 0.270. The summed E-state index contributed by atoms with van der Waals surface area (Å²) in [5, 5.41) is 0.483. The molecular weight excluding hydrogens is 263 g/mol. The first kappa shape index (κ1) is 10.4. The van der Waals surface area contributed by atoms with Crippen molar-refractivity contribution in [3.8, 4) is 0 Å². The average Bonchev–Trinajstić information content (AvgIpc) is 1.96. The van der Waals surface area contributed by atoms with Crippen LogP contribution in [-0.2, 0) is 5.75 Å². The van der Waals surface area contributed by atoms with Gasteiger partial charge in [0.15, 0.2) is 0 Å². The van der Waals surface area contributed by atoms with Gasteiger partial charge in [0.05, 0.1) is 0 Å². The second-order valence-corrected chi connectivity index (χ2v) is 4.47. The molecule has 0 N–H and O–H groups in total. The van der Waals surface area contributed by atoms with Gasteiger partial charge in [0.1, 0.15) is 5.82 Å². The largest absolute Gasteiger partial charge is 0.207 e. The van der Waals surface area contributed by atoms with Crippen LogP contribution in [0.25, 0.3) is 0 Å². The van der Waals surface area contributed by atoms with E-state index in [2.05, 4.69) is 15.9 Å². The Morgan fingerprint density at radius 1 is 1.58 bits per heavy atom. The van der Waals surface area contributed by atoms with Crippen LogP contribution < -0.4 is 0 Å². The lowest BCUT2D eigenvalue weighted by atomic mass is 10.2. The third-order valence-electron chi connectivity index (χ3n) is 1.39. The van der Waals surface area contributed by atoms with Crippen LogP contribution in [0.15, 0.2) is 16.6 Å². The third kappa shape index (κ3) is 2.38. The van der Waals surface area contributed by atoms with Crippen molar-refractivity contribution >= 4 is 39.3 Å². The van der Waals surface area contributed by atoms with Crippen LogP contribution in [0, 0.1) is 5.82 Å². The Labute approximate surface area is 88.6 Å². The number of benzene rings is 1. The Morgan fingerprint density at radius 2 is 2.25 bits per heavy atom. The third-order valence-corrected chi connectivity index (χ3v) is 2.77. The standard InChI is InChI=1S/C8H7BrClFS/c1-12-4-6-7(10)2-5(9)3-8(6)11/h2-3H,4H2,1H3. The predicted molar refractivity (Wildman–Crippen MR) is 56.3 cm³/mol. The maximum atomic E-state index is 13.2. The summed E-state index contributed by atoms with van der Waals surface area (Å²) in [5.74, 6) is 0.363. The van der Waals surface area contributed by atoms with E-state index in [1.807, 2.05) is 6.26 Å². The first-order valence-electron chi connectivity index (χ1n) is 3.27. The zero-order valence-electron chi connectivity index (χ0n) is 6.40. The molecule has 4 heteroatoms. The Bertz CT molecular complexity index is 267. The van der Waals surface area contributed by atoms with Crippen LogP contribution in [0.4, 0.5) is 4.39 Å². The van der Waals surface area contributed by atoms with Crippen LogP contribution in [-0.4, -0.2) is 6.26 Å². The molecule has 1 rings (SSSR count). The van der Waals surface area contributed by atoms with Crippen molar-refractivity contribution < 1.29 is 4.39 Å². The van der Waals surface area contributed by atoms with Crippen molar-refractivity contribution in [2.45, 2.75) is 5.75 Å². The molecule has 0 heterocycles. The maximum absolute atomic E-state index is 13.2. The van der Waals surface area contributed by atoms with Gasteiger partial charge in [0.25, 0.3) is 0 Å². The Morgan fingerprint density at radius 3 is 2.75 bits per heavy atom. The molecular formula is C8H7BrClFS. The minimum atomic E-state index is -0.247. The first-order chi connectivity index (χ1) is 5.65. The first-order valence-corrected chi connectivity index (χ1v) is 5.84. The van der Waals surface area contributed by atoms with Crippen LogP contribution >= 0.6 is 39.3 Å². The molecule has 0 unspecified atom stereocenters. The highest BCUT2D eigenvalue weighted by molar-refractivity contribution is 9.10. The van der Waals surface area contributed by atoms with Crippen molar-refractivity contribution in [2.75, 3.05) is 6.26 Å². The fraction of sp³-hybridized carbons (Fsp3) is 0.250. The molecule has 0 nitrogen and oxygen atoms in total. The monoisotopic (exact) mass is 268 g/mol. The topological polar surface area (TPSA) is 0 Å². The SMILES string of the molecule is CSCc1c(F)cc(Br)cc1Cl. The molecule has 66 valence electrons. The van der Waals surface area contributed by atoms with Gasteiger partial charge in [-0.05, 0) is 18.4 Å². The van der Waals surface area contributed by atoms with E-state index in [-0.39, 0.29) is 5.82 Å². The Kier molecular flexibility index (Phi) is 3.87. The van der Waals surface area contributed by atoms with Crippen LogP contribution in [0.3, 0.4) is 0 Å². The van der Waals surface area contributed by atoms with Gasteiger partial charge < -0.3 is 0 Å². The number of hydrogen-bond acceptors (Lipinski definition) is 1. The van der Waals surface area contributed by atoms with E-state index in [9.17, 15) is 4.39 Å². The van der Waals surface area contributed by atoms with Gasteiger partial charge in [0, 0.05) is 20.8 Å². The fourth-order valence-corrected chi connectivity index (χ4v) is 2.35. The van der Waals surface area contributed by atoms with Gasteiger partial charge in [-0.2, -0.15) is 11.8 Å². The molecule has 0 saturated heterocycles. The van der Waals surface area contributed by atoms with Crippen LogP contribution in [0.1, 0.15) is 5.56 Å². The van der Waals surface area contributed by atoms with Gasteiger partial charge in [-0.25, -0.2) is 4.39 Å². The van der Waals surface area contributed by atoms with Gasteiger partial charge in [-0.15, -0.1) is 0 Å². The highest BCUT2D eigenvalue weighted by atomic mass is 79.9. The smallest absolute Gasteiger partial charge is 0.129 e. The van der Waals surface area contributed by atoms with Crippen LogP contribution in [0.2, 0.25) is 5.02 Å². The zero-order chi connectivity index (χ0) is 9.14. The molecule has 0 radical (unpaired) electrons. The second kappa shape index (κ2) is 4.49. The molecule has 0 aliphatic carbocycles. The number of hydrogen-bond donors (Lipinski definition) is 0. The molecule has 0 spiro atoms. The van der Waals surface area contributed by atoms with Gasteiger partial charge in [0.2, 0.25) is 0 Å². The summed E-state index contributed by atoms with van der Waals surface area (Å²) in [5.41, 5.74) is 0.576. The summed E-state index contributed by atoms with van der Waals surface area (Å²) in [6.07, 6.45) is 1.91. The van der Waals surface area contributed by atoms with Crippen molar-refractivity contribution in [1.29, 1.82) is 0 Å². The molecule has 0 saturated carbocycles. The summed E-state index contributed by atoms with van der Waals surface area (Å²) < 4.78 is 13.8. The second-order valence-electron chi connectivity index (χ2n) is 2.28. The van der Waals surface area contributed by atoms with Gasteiger partial charge in [-0.3, -0.25) is 0 Å². The van der Waals surface area contributed by atoms with Crippen molar-refractivity contribution in [3.63, 3.8) is 0 Å². The summed E-state index contributed by atoms with van der Waals surface area (Å²) in [6, 6.07) is 3.13. The highest BCUT2D eigenvalue weighted by Crippen LogP contribution is 2.27. The molecule has 1 aromatic carbocycles. The molecule has 0 aromatic heterocycles. The van der Waals surface area contributed by atoms with Gasteiger partial charge in [-0.1, -0.05) is 27.5 Å². The normalized spacial score (nSPS) is 10.3.